The van der Waals surface area contributed by atoms with Crippen molar-refractivity contribution in [3.05, 3.63) is 12.2 Å². The Hall–Kier alpha value is -1.60. The smallest absolute Gasteiger partial charge is 0.379 e. The molecule has 0 heterocycles. The molecule has 0 spiro atoms. The summed E-state index contributed by atoms with van der Waals surface area (Å²) in [6, 6.07) is 0. The van der Waals surface area contributed by atoms with Crippen molar-refractivity contribution in [3.8, 4) is 0 Å². The van der Waals surface area contributed by atoms with E-state index in [0.717, 1.165) is 6.08 Å². The third-order valence-electron chi connectivity index (χ3n) is 6.99. The highest BCUT2D eigenvalue weighted by Crippen LogP contribution is 2.62. The molecule has 0 aliphatic heterocycles. The molecular formula is C20H18F18O2. The van der Waals surface area contributed by atoms with Gasteiger partial charge in [0.05, 0.1) is 6.10 Å². The summed E-state index contributed by atoms with van der Waals surface area (Å²) >= 11 is 0. The molecule has 1 saturated carbocycles. The van der Waals surface area contributed by atoms with Crippen LogP contribution in [0.1, 0.15) is 32.6 Å². The summed E-state index contributed by atoms with van der Waals surface area (Å²) in [5.74, 6) is -12.8. The molecule has 2 aliphatic carbocycles. The van der Waals surface area contributed by atoms with E-state index >= 15 is 0 Å². The number of hydrogen-bond acceptors (Lipinski definition) is 2. The molecule has 20 heteroatoms. The molecule has 5 unspecified atom stereocenters. The lowest BCUT2D eigenvalue weighted by Gasteiger charge is -2.48. The van der Waals surface area contributed by atoms with Gasteiger partial charge in [0.15, 0.2) is 5.60 Å². The fraction of sp³-hybridized carbons (Fsp3) is 0.900. The van der Waals surface area contributed by atoms with Crippen molar-refractivity contribution in [1.82, 2.24) is 0 Å². The van der Waals surface area contributed by atoms with Crippen molar-refractivity contribution >= 4 is 0 Å². The molecule has 236 valence electrons. The van der Waals surface area contributed by atoms with Crippen LogP contribution in [-0.2, 0) is 4.74 Å². The van der Waals surface area contributed by atoms with Crippen molar-refractivity contribution in [3.63, 3.8) is 0 Å². The van der Waals surface area contributed by atoms with E-state index in [9.17, 15) is 84.1 Å². The number of hydrogen-bond donors (Lipinski definition) is 1. The fourth-order valence-corrected chi connectivity index (χ4v) is 5.11. The van der Waals surface area contributed by atoms with Crippen LogP contribution < -0.4 is 0 Å². The number of fused-ring (bicyclic) bond motifs is 2. The first-order valence-corrected chi connectivity index (χ1v) is 10.9. The lowest BCUT2D eigenvalue weighted by atomic mass is 9.70. The average Bonchev–Trinajstić information content (AvgIpc) is 3.31. The summed E-state index contributed by atoms with van der Waals surface area (Å²) in [4.78, 5) is 0. The van der Waals surface area contributed by atoms with E-state index in [2.05, 4.69) is 4.74 Å². The highest BCUT2D eigenvalue weighted by atomic mass is 19.4. The maximum absolute atomic E-state index is 14.6. The molecule has 0 aromatic rings. The van der Waals surface area contributed by atoms with Gasteiger partial charge in [0.1, 0.15) is 0 Å². The van der Waals surface area contributed by atoms with Crippen molar-refractivity contribution in [2.75, 3.05) is 0 Å². The van der Waals surface area contributed by atoms with Crippen molar-refractivity contribution in [1.29, 1.82) is 0 Å². The number of aliphatic hydroxyl groups is 1. The van der Waals surface area contributed by atoms with Crippen LogP contribution in [-0.4, -0.2) is 64.9 Å². The van der Waals surface area contributed by atoms with Crippen LogP contribution in [0.3, 0.4) is 0 Å². The first-order chi connectivity index (χ1) is 17.4. The van der Waals surface area contributed by atoms with Crippen LogP contribution >= 0.6 is 0 Å². The van der Waals surface area contributed by atoms with E-state index in [4.69, 9.17) is 0 Å². The third kappa shape index (κ3) is 5.23. The Kier molecular flexibility index (Phi) is 8.41. The predicted octanol–water partition coefficient (Wildman–Crippen LogP) is 8.01. The van der Waals surface area contributed by atoms with Crippen LogP contribution in [0.2, 0.25) is 0 Å². The van der Waals surface area contributed by atoms with Crippen molar-refractivity contribution in [2.45, 2.75) is 92.4 Å². The molecule has 0 amide bonds. The minimum atomic E-state index is -7.89. The topological polar surface area (TPSA) is 29.5 Å². The monoisotopic (exact) mass is 632 g/mol. The van der Waals surface area contributed by atoms with E-state index in [1.165, 1.54) is 6.08 Å². The zero-order valence-corrected chi connectivity index (χ0v) is 19.5. The highest BCUT2D eigenvalue weighted by Gasteiger charge is 2.91. The number of alkyl halides is 18. The average molecular weight is 632 g/mol. The van der Waals surface area contributed by atoms with Crippen LogP contribution in [0.25, 0.3) is 0 Å². The Bertz CT molecular complexity index is 912. The predicted molar refractivity (Wildman–Crippen MR) is 95.4 cm³/mol. The van der Waals surface area contributed by atoms with Gasteiger partial charge in [-0.3, -0.25) is 0 Å². The van der Waals surface area contributed by atoms with Crippen LogP contribution in [0.4, 0.5) is 79.0 Å². The van der Waals surface area contributed by atoms with Gasteiger partial charge in [0.2, 0.25) is 0 Å². The second kappa shape index (κ2) is 9.72. The molecular weight excluding hydrogens is 614 g/mol. The fourth-order valence-electron chi connectivity index (χ4n) is 5.11. The zero-order valence-electron chi connectivity index (χ0n) is 19.5. The SMILES string of the molecule is CC(CC(O)(C(F)(F)C(F)(F)F)C(F)(C(F)(F)F)C(F)(F)F)CC(OC1CC2C=CC1C2)(C(F)(F)F)C(F)(F)F. The Balaban J connectivity index is 2.70. The van der Waals surface area contributed by atoms with E-state index in [0.29, 0.717) is 0 Å². The largest absolute Gasteiger partial charge is 0.456 e. The van der Waals surface area contributed by atoms with Gasteiger partial charge in [-0.25, -0.2) is 4.39 Å². The Labute approximate surface area is 212 Å². The summed E-state index contributed by atoms with van der Waals surface area (Å²) in [6.07, 6.45) is -42.8. The molecule has 2 rings (SSSR count). The minimum Gasteiger partial charge on any atom is -0.379 e. The van der Waals surface area contributed by atoms with Gasteiger partial charge in [-0.1, -0.05) is 19.1 Å². The summed E-state index contributed by atoms with van der Waals surface area (Å²) in [5.41, 5.74) is -20.5. The summed E-state index contributed by atoms with van der Waals surface area (Å²) in [6.45, 7) is -0.207. The van der Waals surface area contributed by atoms with E-state index in [1.54, 1.807) is 0 Å². The summed E-state index contributed by atoms with van der Waals surface area (Å²) < 4.78 is 249. The van der Waals surface area contributed by atoms with Crippen LogP contribution in [0, 0.1) is 17.8 Å². The number of halogens is 18. The quantitative estimate of drug-likeness (QED) is 0.217. The van der Waals surface area contributed by atoms with Crippen molar-refractivity contribution in [2.24, 2.45) is 17.8 Å². The van der Waals surface area contributed by atoms with Crippen LogP contribution in [0.15, 0.2) is 12.2 Å². The Morgan fingerprint density at radius 1 is 0.650 bits per heavy atom. The molecule has 5 atom stereocenters. The molecule has 1 fully saturated rings. The molecule has 2 bridgehead atoms. The molecule has 0 saturated heterocycles. The molecule has 40 heavy (non-hydrogen) atoms. The maximum Gasteiger partial charge on any atom is 0.456 e. The Morgan fingerprint density at radius 2 is 1.10 bits per heavy atom. The number of ether oxygens (including phenoxy) is 1. The normalized spacial score (nSPS) is 25.9. The first kappa shape index (κ1) is 34.6. The minimum absolute atomic E-state index is 0.00882. The molecule has 0 aromatic heterocycles. The van der Waals surface area contributed by atoms with E-state index in [-0.39, 0.29) is 13.3 Å². The molecule has 1 N–H and O–H groups in total. The highest BCUT2D eigenvalue weighted by molar-refractivity contribution is 5.18. The Morgan fingerprint density at radius 3 is 1.40 bits per heavy atom. The number of rotatable bonds is 8. The molecule has 2 aliphatic rings. The van der Waals surface area contributed by atoms with Gasteiger partial charge < -0.3 is 9.84 Å². The van der Waals surface area contributed by atoms with E-state index < -0.39 is 96.8 Å². The van der Waals surface area contributed by atoms with Gasteiger partial charge in [0, 0.05) is 5.92 Å². The van der Waals surface area contributed by atoms with Crippen molar-refractivity contribution < 1.29 is 88.9 Å². The van der Waals surface area contributed by atoms with Crippen LogP contribution in [0.5, 0.6) is 0 Å². The van der Waals surface area contributed by atoms with Gasteiger partial charge in [-0.05, 0) is 37.5 Å². The van der Waals surface area contributed by atoms with Gasteiger partial charge in [-0.15, -0.1) is 0 Å². The maximum atomic E-state index is 14.6. The zero-order chi connectivity index (χ0) is 31.8. The summed E-state index contributed by atoms with van der Waals surface area (Å²) in [5, 5.41) is 9.71. The first-order valence-electron chi connectivity index (χ1n) is 10.9. The van der Waals surface area contributed by atoms with Gasteiger partial charge in [-0.2, -0.15) is 74.6 Å². The lowest BCUT2D eigenvalue weighted by Crippen LogP contribution is -2.77. The summed E-state index contributed by atoms with van der Waals surface area (Å²) in [7, 11) is 0. The lowest BCUT2D eigenvalue weighted by molar-refractivity contribution is -0.446. The van der Waals surface area contributed by atoms with E-state index in [1.807, 2.05) is 0 Å². The second-order valence-electron chi connectivity index (χ2n) is 9.86. The molecule has 0 radical (unpaired) electrons. The number of allylic oxidation sites excluding steroid dienone is 1. The van der Waals surface area contributed by atoms with Gasteiger partial charge in [0.25, 0.3) is 5.60 Å². The second-order valence-corrected chi connectivity index (χ2v) is 9.86. The standard InChI is InChI=1S/C20H18F18O2/c1-8(6-12(39,15(22,23)20(36,37)38)14(21,18(30,31)32)19(33,34)35)7-13(16(24,25)26,17(27,28)29)40-11-5-9-2-3-10(11)4-9/h2-3,8-11,39H,4-7H2,1H3. The van der Waals surface area contributed by atoms with Gasteiger partial charge >= 0.3 is 42.5 Å². The third-order valence-corrected chi connectivity index (χ3v) is 6.99. The molecule has 2 nitrogen and oxygen atoms in total. The molecule has 0 aromatic carbocycles.